The Labute approximate surface area is 119 Å². The smallest absolute Gasteiger partial charge is 0.321 e. The van der Waals surface area contributed by atoms with Crippen LogP contribution in [0.15, 0.2) is 18.2 Å². The molecule has 1 aliphatic rings. The number of amides is 2. The fourth-order valence-corrected chi connectivity index (χ4v) is 2.32. The first-order valence-corrected chi connectivity index (χ1v) is 7.18. The van der Waals surface area contributed by atoms with Crippen molar-refractivity contribution in [2.24, 2.45) is 0 Å². The molecule has 1 heterocycles. The summed E-state index contributed by atoms with van der Waals surface area (Å²) in [5.74, 6) is -0.946. The van der Waals surface area contributed by atoms with Crippen LogP contribution >= 0.6 is 15.9 Å². The van der Waals surface area contributed by atoms with E-state index < -0.39 is 5.82 Å². The molecule has 0 atom stereocenters. The van der Waals surface area contributed by atoms with Gasteiger partial charge in [0.05, 0.1) is 10.9 Å². The minimum atomic E-state index is -0.622. The number of carbonyl (C=O) groups excluding carboxylic acids is 2. The van der Waals surface area contributed by atoms with E-state index >= 15 is 0 Å². The second-order valence-corrected chi connectivity index (χ2v) is 4.94. The Morgan fingerprint density at radius 3 is 2.58 bits per heavy atom. The van der Waals surface area contributed by atoms with Gasteiger partial charge in [0.1, 0.15) is 5.82 Å². The van der Waals surface area contributed by atoms with Gasteiger partial charge in [0.25, 0.3) is 0 Å². The molecule has 0 aliphatic carbocycles. The summed E-state index contributed by atoms with van der Waals surface area (Å²) in [5.41, 5.74) is 0.386. The maximum absolute atomic E-state index is 13.7. The Hall–Kier alpha value is -1.43. The fraction of sp³-hybridized carbons (Fsp3) is 0.385. The van der Waals surface area contributed by atoms with E-state index in [1.54, 1.807) is 4.90 Å². The molecule has 0 bridgehead atoms. The van der Waals surface area contributed by atoms with E-state index in [0.29, 0.717) is 5.69 Å². The zero-order valence-corrected chi connectivity index (χ0v) is 11.9. The molecule has 102 valence electrons. The van der Waals surface area contributed by atoms with Crippen LogP contribution in [0.1, 0.15) is 23.2 Å². The van der Waals surface area contributed by atoms with Crippen LogP contribution in [0.3, 0.4) is 0 Å². The van der Waals surface area contributed by atoms with Gasteiger partial charge < -0.3 is 10.2 Å². The summed E-state index contributed by atoms with van der Waals surface area (Å²) in [6, 6.07) is 3.87. The molecule has 1 aliphatic heterocycles. The largest absolute Gasteiger partial charge is 0.325 e. The number of halogens is 2. The van der Waals surface area contributed by atoms with Crippen molar-refractivity contribution in [2.45, 2.75) is 12.8 Å². The van der Waals surface area contributed by atoms with Crippen molar-refractivity contribution in [3.8, 4) is 0 Å². The van der Waals surface area contributed by atoms with Crippen molar-refractivity contribution in [3.63, 3.8) is 0 Å². The van der Waals surface area contributed by atoms with E-state index in [0.717, 1.165) is 25.9 Å². The van der Waals surface area contributed by atoms with Gasteiger partial charge in [-0.1, -0.05) is 15.9 Å². The predicted molar refractivity (Wildman–Crippen MR) is 74.4 cm³/mol. The molecule has 1 N–H and O–H groups in total. The summed E-state index contributed by atoms with van der Waals surface area (Å²) in [6.45, 7) is 1.46. The second-order valence-electron chi connectivity index (χ2n) is 4.38. The average molecular weight is 329 g/mol. The van der Waals surface area contributed by atoms with E-state index in [2.05, 4.69) is 21.2 Å². The van der Waals surface area contributed by atoms with Crippen molar-refractivity contribution in [1.29, 1.82) is 0 Å². The molecule has 4 nitrogen and oxygen atoms in total. The number of alkyl halides is 1. The van der Waals surface area contributed by atoms with Gasteiger partial charge in [-0.2, -0.15) is 0 Å². The molecule has 0 spiro atoms. The summed E-state index contributed by atoms with van der Waals surface area (Å²) in [7, 11) is 0. The molecule has 19 heavy (non-hydrogen) atoms. The molecule has 6 heteroatoms. The quantitative estimate of drug-likeness (QED) is 0.684. The highest BCUT2D eigenvalue weighted by molar-refractivity contribution is 9.09. The maximum Gasteiger partial charge on any atom is 0.321 e. The topological polar surface area (TPSA) is 49.4 Å². The van der Waals surface area contributed by atoms with E-state index in [9.17, 15) is 14.0 Å². The van der Waals surface area contributed by atoms with Crippen molar-refractivity contribution in [2.75, 3.05) is 23.7 Å². The zero-order valence-electron chi connectivity index (χ0n) is 10.3. The number of Topliss-reactive ketones (excluding diaryl/α,β-unsaturated/α-hetero) is 1. The summed E-state index contributed by atoms with van der Waals surface area (Å²) >= 11 is 3.00. The minimum absolute atomic E-state index is 0.0241. The summed E-state index contributed by atoms with van der Waals surface area (Å²) in [6.07, 6.45) is 2.00. The van der Waals surface area contributed by atoms with Crippen LogP contribution in [-0.2, 0) is 0 Å². The first kappa shape index (κ1) is 14.0. The van der Waals surface area contributed by atoms with Crippen molar-refractivity contribution in [3.05, 3.63) is 29.6 Å². The molecular weight excluding hydrogens is 315 g/mol. The lowest BCUT2D eigenvalue weighted by atomic mass is 10.1. The monoisotopic (exact) mass is 328 g/mol. The van der Waals surface area contributed by atoms with Crippen LogP contribution < -0.4 is 5.32 Å². The zero-order chi connectivity index (χ0) is 13.8. The molecular formula is C13H14BrFN2O2. The van der Waals surface area contributed by atoms with E-state index in [-0.39, 0.29) is 22.7 Å². The number of urea groups is 1. The van der Waals surface area contributed by atoms with Crippen LogP contribution in [0.2, 0.25) is 0 Å². The van der Waals surface area contributed by atoms with Crippen LogP contribution in [0, 0.1) is 5.82 Å². The molecule has 2 rings (SSSR count). The molecule has 1 aromatic carbocycles. The van der Waals surface area contributed by atoms with Gasteiger partial charge in [-0.05, 0) is 31.0 Å². The summed E-state index contributed by atoms with van der Waals surface area (Å²) in [5, 5.41) is 2.71. The van der Waals surface area contributed by atoms with Crippen molar-refractivity contribution in [1.82, 2.24) is 4.90 Å². The lowest BCUT2D eigenvalue weighted by molar-refractivity contribution is 0.102. The van der Waals surface area contributed by atoms with Gasteiger partial charge in [0.2, 0.25) is 0 Å². The molecule has 0 saturated carbocycles. The van der Waals surface area contributed by atoms with Gasteiger partial charge in [0, 0.05) is 18.8 Å². The lowest BCUT2D eigenvalue weighted by Crippen LogP contribution is -2.32. The third-order valence-electron chi connectivity index (χ3n) is 3.04. The van der Waals surface area contributed by atoms with Crippen LogP contribution in [0.4, 0.5) is 14.9 Å². The molecule has 1 fully saturated rings. The standard InChI is InChI=1S/C13H14BrFN2O2/c14-8-12(18)10-4-3-9(7-11(10)15)16-13(19)17-5-1-2-6-17/h3-4,7H,1-2,5-6,8H2,(H,16,19). The Morgan fingerprint density at radius 2 is 2.00 bits per heavy atom. The van der Waals surface area contributed by atoms with Gasteiger partial charge >= 0.3 is 6.03 Å². The van der Waals surface area contributed by atoms with Gasteiger partial charge in [-0.3, -0.25) is 4.79 Å². The fourth-order valence-electron chi connectivity index (χ4n) is 2.01. The van der Waals surface area contributed by atoms with Gasteiger partial charge in [-0.15, -0.1) is 0 Å². The highest BCUT2D eigenvalue weighted by atomic mass is 79.9. The molecule has 1 aromatic rings. The number of hydrogen-bond donors (Lipinski definition) is 1. The van der Waals surface area contributed by atoms with Crippen molar-refractivity contribution < 1.29 is 14.0 Å². The third-order valence-corrected chi connectivity index (χ3v) is 3.54. The first-order valence-electron chi connectivity index (χ1n) is 6.06. The number of hydrogen-bond acceptors (Lipinski definition) is 2. The van der Waals surface area contributed by atoms with E-state index in [1.807, 2.05) is 0 Å². The number of ketones is 1. The highest BCUT2D eigenvalue weighted by Gasteiger charge is 2.18. The first-order chi connectivity index (χ1) is 9.11. The number of carbonyl (C=O) groups is 2. The Balaban J connectivity index is 2.07. The Bertz CT molecular complexity index is 501. The molecule has 0 radical (unpaired) electrons. The second kappa shape index (κ2) is 6.14. The van der Waals surface area contributed by atoms with Gasteiger partial charge in [-0.25, -0.2) is 9.18 Å². The van der Waals surface area contributed by atoms with Crippen LogP contribution in [0.25, 0.3) is 0 Å². The predicted octanol–water partition coefficient (Wildman–Crippen LogP) is 3.03. The molecule has 1 saturated heterocycles. The summed E-state index contributed by atoms with van der Waals surface area (Å²) < 4.78 is 13.7. The Kier molecular flexibility index (Phi) is 4.52. The number of anilines is 1. The molecule has 0 unspecified atom stereocenters. The third kappa shape index (κ3) is 3.32. The van der Waals surface area contributed by atoms with Crippen LogP contribution in [-0.4, -0.2) is 35.1 Å². The van der Waals surface area contributed by atoms with E-state index in [4.69, 9.17) is 0 Å². The van der Waals surface area contributed by atoms with E-state index in [1.165, 1.54) is 18.2 Å². The number of nitrogens with zero attached hydrogens (tertiary/aromatic N) is 1. The Morgan fingerprint density at radius 1 is 1.32 bits per heavy atom. The summed E-state index contributed by atoms with van der Waals surface area (Å²) in [4.78, 5) is 24.9. The number of likely N-dealkylation sites (tertiary alicyclic amines) is 1. The highest BCUT2D eigenvalue weighted by Crippen LogP contribution is 2.17. The molecule has 0 aromatic heterocycles. The van der Waals surface area contributed by atoms with Crippen LogP contribution in [0.5, 0.6) is 0 Å². The number of benzene rings is 1. The maximum atomic E-state index is 13.7. The average Bonchev–Trinajstić information content (AvgIpc) is 2.92. The minimum Gasteiger partial charge on any atom is -0.325 e. The number of rotatable bonds is 3. The lowest BCUT2D eigenvalue weighted by Gasteiger charge is -2.16. The number of nitrogens with one attached hydrogen (secondary N) is 1. The SMILES string of the molecule is O=C(CBr)c1ccc(NC(=O)N2CCCC2)cc1F. The normalized spacial score (nSPS) is 14.5. The van der Waals surface area contributed by atoms with Gasteiger partial charge in [0.15, 0.2) is 5.78 Å². The van der Waals surface area contributed by atoms with Crippen molar-refractivity contribution >= 4 is 33.4 Å². The molecule has 2 amide bonds.